The van der Waals surface area contributed by atoms with E-state index in [-0.39, 0.29) is 6.17 Å². The summed E-state index contributed by atoms with van der Waals surface area (Å²) in [7, 11) is 1.71. The molecule has 5 nitrogen and oxygen atoms in total. The summed E-state index contributed by atoms with van der Waals surface area (Å²) in [6.45, 7) is 3.74. The number of anilines is 1. The summed E-state index contributed by atoms with van der Waals surface area (Å²) in [4.78, 5) is 9.61. The number of aliphatic imine (C=N–C) groups is 2. The average molecular weight is 377 g/mol. The second kappa shape index (κ2) is 8.57. The third-order valence-corrected chi connectivity index (χ3v) is 5.41. The van der Waals surface area contributed by atoms with E-state index in [1.807, 2.05) is 37.3 Å². The van der Waals surface area contributed by atoms with Gasteiger partial charge < -0.3 is 14.8 Å². The SMILES string of the molecule is COc1c(NC2=NC(CC3CCOCC3)N=C2C)cccc1-c1ccccc1. The van der Waals surface area contributed by atoms with Gasteiger partial charge in [0.25, 0.3) is 0 Å². The van der Waals surface area contributed by atoms with Crippen LogP contribution in [0.1, 0.15) is 26.2 Å². The largest absolute Gasteiger partial charge is 0.494 e. The van der Waals surface area contributed by atoms with Gasteiger partial charge in [-0.3, -0.25) is 4.99 Å². The number of rotatable bonds is 5. The molecule has 1 saturated heterocycles. The molecule has 1 N–H and O–H groups in total. The zero-order valence-electron chi connectivity index (χ0n) is 16.5. The molecule has 2 aliphatic rings. The van der Waals surface area contributed by atoms with E-state index in [1.54, 1.807) is 7.11 Å². The molecule has 0 radical (unpaired) electrons. The van der Waals surface area contributed by atoms with Gasteiger partial charge in [-0.05, 0) is 43.7 Å². The lowest BCUT2D eigenvalue weighted by Gasteiger charge is -2.22. The van der Waals surface area contributed by atoms with Crippen molar-refractivity contribution < 1.29 is 9.47 Å². The maximum absolute atomic E-state index is 5.75. The predicted molar refractivity (Wildman–Crippen MR) is 115 cm³/mol. The van der Waals surface area contributed by atoms with E-state index in [4.69, 9.17) is 19.5 Å². The van der Waals surface area contributed by atoms with Crippen LogP contribution >= 0.6 is 0 Å². The Hall–Kier alpha value is -2.66. The Morgan fingerprint density at radius 1 is 1.04 bits per heavy atom. The standard InChI is InChI=1S/C23H27N3O2/c1-16-23(26-21(24-16)15-17-11-13-28-14-12-17)25-20-10-6-9-19(22(20)27-2)18-7-4-3-5-8-18/h3-10,17,21H,11-15H2,1-2H3,(H,25,26). The van der Waals surface area contributed by atoms with E-state index >= 15 is 0 Å². The molecule has 4 rings (SSSR count). The summed E-state index contributed by atoms with van der Waals surface area (Å²) in [5.74, 6) is 2.30. The molecule has 2 aliphatic heterocycles. The van der Waals surface area contributed by atoms with Gasteiger partial charge in [0.1, 0.15) is 17.8 Å². The fraction of sp³-hybridized carbons (Fsp3) is 0.391. The number of hydrogen-bond donors (Lipinski definition) is 1. The molecular weight excluding hydrogens is 350 g/mol. The van der Waals surface area contributed by atoms with Crippen molar-refractivity contribution in [3.8, 4) is 16.9 Å². The molecule has 5 heteroatoms. The Kier molecular flexibility index (Phi) is 5.72. The van der Waals surface area contributed by atoms with E-state index in [1.165, 1.54) is 0 Å². The topological polar surface area (TPSA) is 55.2 Å². The van der Waals surface area contributed by atoms with Crippen molar-refractivity contribution in [3.63, 3.8) is 0 Å². The Labute approximate surface area is 166 Å². The molecule has 28 heavy (non-hydrogen) atoms. The van der Waals surface area contributed by atoms with Crippen LogP contribution < -0.4 is 10.1 Å². The van der Waals surface area contributed by atoms with Crippen LogP contribution in [0, 0.1) is 5.92 Å². The number of benzene rings is 2. The highest BCUT2D eigenvalue weighted by atomic mass is 16.5. The minimum Gasteiger partial charge on any atom is -0.494 e. The molecule has 0 bridgehead atoms. The Morgan fingerprint density at radius 3 is 2.57 bits per heavy atom. The molecule has 0 spiro atoms. The number of para-hydroxylation sites is 1. The van der Waals surface area contributed by atoms with Gasteiger partial charge >= 0.3 is 0 Å². The van der Waals surface area contributed by atoms with Crippen LogP contribution in [0.4, 0.5) is 5.69 Å². The van der Waals surface area contributed by atoms with Crippen LogP contribution in [0.3, 0.4) is 0 Å². The van der Waals surface area contributed by atoms with Crippen LogP contribution in [0.25, 0.3) is 11.1 Å². The molecule has 146 valence electrons. The third-order valence-electron chi connectivity index (χ3n) is 5.41. The van der Waals surface area contributed by atoms with Crippen LogP contribution in [-0.4, -0.2) is 38.0 Å². The number of ether oxygens (including phenoxy) is 2. The molecule has 1 atom stereocenters. The Morgan fingerprint density at radius 2 is 1.82 bits per heavy atom. The van der Waals surface area contributed by atoms with Gasteiger partial charge in [-0.1, -0.05) is 42.5 Å². The quantitative estimate of drug-likeness (QED) is 0.815. The number of nitrogens with zero attached hydrogens (tertiary/aromatic N) is 2. The number of amidine groups is 1. The highest BCUT2D eigenvalue weighted by molar-refractivity contribution is 6.45. The van der Waals surface area contributed by atoms with Crippen molar-refractivity contribution in [1.82, 2.24) is 0 Å². The molecular formula is C23H27N3O2. The van der Waals surface area contributed by atoms with Gasteiger partial charge in [0.2, 0.25) is 0 Å². The van der Waals surface area contributed by atoms with Crippen molar-refractivity contribution in [2.24, 2.45) is 15.9 Å². The zero-order valence-corrected chi connectivity index (χ0v) is 16.5. The molecule has 2 heterocycles. The lowest BCUT2D eigenvalue weighted by Crippen LogP contribution is -2.19. The summed E-state index contributed by atoms with van der Waals surface area (Å²) in [6, 6.07) is 16.4. The van der Waals surface area contributed by atoms with E-state index in [0.29, 0.717) is 5.92 Å². The van der Waals surface area contributed by atoms with Crippen LogP contribution in [-0.2, 0) is 4.74 Å². The normalized spacial score (nSPS) is 19.9. The summed E-state index contributed by atoms with van der Waals surface area (Å²) in [5.41, 5.74) is 4.03. The fourth-order valence-corrected chi connectivity index (χ4v) is 3.89. The van der Waals surface area contributed by atoms with Crippen LogP contribution in [0.5, 0.6) is 5.75 Å². The summed E-state index contributed by atoms with van der Waals surface area (Å²) < 4.78 is 11.2. The highest BCUT2D eigenvalue weighted by Gasteiger charge is 2.24. The highest BCUT2D eigenvalue weighted by Crippen LogP contribution is 2.36. The van der Waals surface area contributed by atoms with Gasteiger partial charge in [0.05, 0.1) is 18.5 Å². The lowest BCUT2D eigenvalue weighted by molar-refractivity contribution is 0.0623. The molecule has 2 aromatic rings. The number of methoxy groups -OCH3 is 1. The Bertz CT molecular complexity index is 871. The molecule has 0 aromatic heterocycles. The molecule has 1 fully saturated rings. The monoisotopic (exact) mass is 377 g/mol. The molecule has 0 saturated carbocycles. The van der Waals surface area contributed by atoms with Crippen molar-refractivity contribution in [3.05, 3.63) is 48.5 Å². The van der Waals surface area contributed by atoms with Crippen molar-refractivity contribution in [2.75, 3.05) is 25.6 Å². The average Bonchev–Trinajstić information content (AvgIpc) is 3.08. The van der Waals surface area contributed by atoms with Gasteiger partial charge in [-0.2, -0.15) is 0 Å². The van der Waals surface area contributed by atoms with Crippen molar-refractivity contribution >= 4 is 17.2 Å². The lowest BCUT2D eigenvalue weighted by atomic mass is 9.95. The van der Waals surface area contributed by atoms with Gasteiger partial charge in [-0.25, -0.2) is 4.99 Å². The van der Waals surface area contributed by atoms with Crippen LogP contribution in [0.2, 0.25) is 0 Å². The summed E-state index contributed by atoms with van der Waals surface area (Å²) >= 11 is 0. The first-order valence-electron chi connectivity index (χ1n) is 9.94. The third kappa shape index (κ3) is 4.09. The molecule has 1 unspecified atom stereocenters. The van der Waals surface area contributed by atoms with E-state index in [2.05, 4.69) is 23.5 Å². The smallest absolute Gasteiger partial charge is 0.150 e. The van der Waals surface area contributed by atoms with E-state index in [0.717, 1.165) is 66.6 Å². The number of hydrogen-bond acceptors (Lipinski definition) is 5. The first kappa shape index (κ1) is 18.7. The van der Waals surface area contributed by atoms with Crippen molar-refractivity contribution in [2.45, 2.75) is 32.4 Å². The van der Waals surface area contributed by atoms with Crippen molar-refractivity contribution in [1.29, 1.82) is 0 Å². The zero-order chi connectivity index (χ0) is 19.3. The minimum atomic E-state index is 0.00824. The Balaban J connectivity index is 1.54. The molecule has 0 amide bonds. The maximum Gasteiger partial charge on any atom is 0.150 e. The van der Waals surface area contributed by atoms with Gasteiger partial charge in [0, 0.05) is 18.8 Å². The second-order valence-electron chi connectivity index (χ2n) is 7.34. The summed E-state index contributed by atoms with van der Waals surface area (Å²) in [5, 5.41) is 3.46. The van der Waals surface area contributed by atoms with Crippen LogP contribution in [0.15, 0.2) is 58.5 Å². The van der Waals surface area contributed by atoms with E-state index < -0.39 is 0 Å². The molecule has 0 aliphatic carbocycles. The molecule has 2 aromatic carbocycles. The maximum atomic E-state index is 5.75. The first-order chi connectivity index (χ1) is 13.7. The number of nitrogens with one attached hydrogen (secondary N) is 1. The summed E-state index contributed by atoms with van der Waals surface area (Å²) in [6.07, 6.45) is 3.22. The first-order valence-corrected chi connectivity index (χ1v) is 9.94. The van der Waals surface area contributed by atoms with E-state index in [9.17, 15) is 0 Å². The van der Waals surface area contributed by atoms with Gasteiger partial charge in [0.15, 0.2) is 0 Å². The van der Waals surface area contributed by atoms with Gasteiger partial charge in [-0.15, -0.1) is 0 Å². The minimum absolute atomic E-state index is 0.00824. The predicted octanol–water partition coefficient (Wildman–Crippen LogP) is 4.79. The second-order valence-corrected chi connectivity index (χ2v) is 7.34. The fourth-order valence-electron chi connectivity index (χ4n) is 3.89.